The van der Waals surface area contributed by atoms with Gasteiger partial charge in [-0.05, 0) is 48.1 Å². The molecule has 2 N–H and O–H groups in total. The number of halogens is 1. The highest BCUT2D eigenvalue weighted by molar-refractivity contribution is 9.10. The number of nitrogens with two attached hydrogens (primary N) is 1. The Hall–Kier alpha value is -0.620. The fourth-order valence-corrected chi connectivity index (χ4v) is 3.45. The van der Waals surface area contributed by atoms with Crippen LogP contribution in [0.2, 0.25) is 0 Å². The molecule has 2 rings (SSSR count). The molecule has 2 heterocycles. The van der Waals surface area contributed by atoms with E-state index in [4.69, 9.17) is 10.2 Å². The fourth-order valence-electron chi connectivity index (χ4n) is 1.94. The number of nitrogens with zero attached hydrogens (tertiary/aromatic N) is 1. The average Bonchev–Trinajstić information content (AvgIpc) is 2.89. The lowest BCUT2D eigenvalue weighted by molar-refractivity contribution is 0.213. The number of furan rings is 1. The summed E-state index contributed by atoms with van der Waals surface area (Å²) in [6, 6.07) is 6.25. The standard InChI is InChI=1S/C13H17BrN2OS/c1-9-3-4-13(17-9)12(6-15)16(2)7-11-5-10(14)8-18-11/h3-5,8,12H,6-7,15H2,1-2H3. The summed E-state index contributed by atoms with van der Waals surface area (Å²) in [4.78, 5) is 3.53. The molecule has 0 spiro atoms. The highest BCUT2D eigenvalue weighted by Gasteiger charge is 2.19. The summed E-state index contributed by atoms with van der Waals surface area (Å²) >= 11 is 5.22. The predicted octanol–water partition coefficient (Wildman–Crippen LogP) is 3.54. The van der Waals surface area contributed by atoms with Crippen LogP contribution in [-0.2, 0) is 6.54 Å². The van der Waals surface area contributed by atoms with Crippen LogP contribution in [0.25, 0.3) is 0 Å². The van der Waals surface area contributed by atoms with Gasteiger partial charge in [0.25, 0.3) is 0 Å². The van der Waals surface area contributed by atoms with Crippen LogP contribution in [0, 0.1) is 6.92 Å². The third-order valence-electron chi connectivity index (χ3n) is 2.87. The topological polar surface area (TPSA) is 42.4 Å². The van der Waals surface area contributed by atoms with Gasteiger partial charge in [-0.25, -0.2) is 0 Å². The summed E-state index contributed by atoms with van der Waals surface area (Å²) in [6.45, 7) is 3.38. The zero-order chi connectivity index (χ0) is 13.1. The monoisotopic (exact) mass is 328 g/mol. The van der Waals surface area contributed by atoms with E-state index in [1.165, 1.54) is 4.88 Å². The maximum absolute atomic E-state index is 5.87. The van der Waals surface area contributed by atoms with Gasteiger partial charge in [-0.2, -0.15) is 0 Å². The van der Waals surface area contributed by atoms with Gasteiger partial charge in [0.15, 0.2) is 0 Å². The number of likely N-dealkylation sites (N-methyl/N-ethyl adjacent to an activating group) is 1. The molecule has 18 heavy (non-hydrogen) atoms. The Morgan fingerprint density at radius 2 is 2.28 bits per heavy atom. The first-order valence-electron chi connectivity index (χ1n) is 5.79. The molecule has 0 amide bonds. The van der Waals surface area contributed by atoms with Crippen LogP contribution in [0.5, 0.6) is 0 Å². The van der Waals surface area contributed by atoms with Crippen LogP contribution in [0.15, 0.2) is 32.5 Å². The Morgan fingerprint density at radius 1 is 1.50 bits per heavy atom. The van der Waals surface area contributed by atoms with Crippen molar-refractivity contribution >= 4 is 27.3 Å². The summed E-state index contributed by atoms with van der Waals surface area (Å²) in [5.74, 6) is 1.86. The Kier molecular flexibility index (Phi) is 4.61. The summed E-state index contributed by atoms with van der Waals surface area (Å²) in [5.41, 5.74) is 5.87. The quantitative estimate of drug-likeness (QED) is 0.912. The molecule has 5 heteroatoms. The van der Waals surface area contributed by atoms with Crippen LogP contribution in [0.3, 0.4) is 0 Å². The van der Waals surface area contributed by atoms with Crippen molar-refractivity contribution in [3.63, 3.8) is 0 Å². The smallest absolute Gasteiger partial charge is 0.122 e. The molecule has 0 aliphatic heterocycles. The molecule has 0 bridgehead atoms. The molecule has 0 aromatic carbocycles. The van der Waals surface area contributed by atoms with Gasteiger partial charge in [0, 0.05) is 27.8 Å². The molecule has 98 valence electrons. The Bertz CT molecular complexity index is 509. The first kappa shape index (κ1) is 13.8. The summed E-state index contributed by atoms with van der Waals surface area (Å²) in [6.07, 6.45) is 0. The van der Waals surface area contributed by atoms with Crippen molar-refractivity contribution < 1.29 is 4.42 Å². The second-order valence-corrected chi connectivity index (χ2v) is 6.26. The molecule has 0 fully saturated rings. The van der Waals surface area contributed by atoms with Crippen molar-refractivity contribution in [1.29, 1.82) is 0 Å². The lowest BCUT2D eigenvalue weighted by Crippen LogP contribution is -2.29. The predicted molar refractivity (Wildman–Crippen MR) is 78.7 cm³/mol. The average molecular weight is 329 g/mol. The molecule has 1 atom stereocenters. The summed E-state index contributed by atoms with van der Waals surface area (Å²) in [7, 11) is 2.07. The zero-order valence-corrected chi connectivity index (χ0v) is 12.9. The molecule has 0 aliphatic rings. The minimum absolute atomic E-state index is 0.125. The first-order chi connectivity index (χ1) is 8.60. The summed E-state index contributed by atoms with van der Waals surface area (Å²) < 4.78 is 6.81. The molecule has 1 unspecified atom stereocenters. The highest BCUT2D eigenvalue weighted by Crippen LogP contribution is 2.26. The van der Waals surface area contributed by atoms with E-state index in [1.807, 2.05) is 19.1 Å². The lowest BCUT2D eigenvalue weighted by atomic mass is 10.2. The third-order valence-corrected chi connectivity index (χ3v) is 4.55. The SMILES string of the molecule is Cc1ccc(C(CN)N(C)Cc2cc(Br)cs2)o1. The van der Waals surface area contributed by atoms with E-state index in [0.29, 0.717) is 6.54 Å². The number of hydrogen-bond acceptors (Lipinski definition) is 4. The van der Waals surface area contributed by atoms with Crippen LogP contribution < -0.4 is 5.73 Å². The van der Waals surface area contributed by atoms with Crippen molar-refractivity contribution in [1.82, 2.24) is 4.90 Å². The van der Waals surface area contributed by atoms with E-state index in [1.54, 1.807) is 11.3 Å². The van der Waals surface area contributed by atoms with Crippen molar-refractivity contribution in [2.24, 2.45) is 5.73 Å². The molecule has 3 nitrogen and oxygen atoms in total. The van der Waals surface area contributed by atoms with Crippen molar-refractivity contribution in [2.75, 3.05) is 13.6 Å². The molecule has 2 aromatic rings. The molecular weight excluding hydrogens is 312 g/mol. The second-order valence-electron chi connectivity index (χ2n) is 4.35. The maximum atomic E-state index is 5.87. The van der Waals surface area contributed by atoms with Gasteiger partial charge in [0.05, 0.1) is 6.04 Å². The van der Waals surface area contributed by atoms with Gasteiger partial charge in [-0.15, -0.1) is 11.3 Å². The van der Waals surface area contributed by atoms with E-state index >= 15 is 0 Å². The van der Waals surface area contributed by atoms with Gasteiger partial charge < -0.3 is 10.2 Å². The van der Waals surface area contributed by atoms with Gasteiger partial charge in [0.1, 0.15) is 11.5 Å². The molecule has 0 aliphatic carbocycles. The van der Waals surface area contributed by atoms with E-state index < -0.39 is 0 Å². The largest absolute Gasteiger partial charge is 0.465 e. The lowest BCUT2D eigenvalue weighted by Gasteiger charge is -2.24. The van der Waals surface area contributed by atoms with Crippen molar-refractivity contribution in [3.8, 4) is 0 Å². The normalized spacial score (nSPS) is 13.2. The molecule has 2 aromatic heterocycles. The van der Waals surface area contributed by atoms with E-state index in [-0.39, 0.29) is 6.04 Å². The minimum Gasteiger partial charge on any atom is -0.465 e. The van der Waals surface area contributed by atoms with E-state index in [0.717, 1.165) is 22.5 Å². The van der Waals surface area contributed by atoms with Gasteiger partial charge in [0.2, 0.25) is 0 Å². The Labute approximate surface area is 120 Å². The Morgan fingerprint density at radius 3 is 2.78 bits per heavy atom. The Balaban J connectivity index is 2.08. The third kappa shape index (κ3) is 3.23. The van der Waals surface area contributed by atoms with Gasteiger partial charge in [-0.3, -0.25) is 4.90 Å². The van der Waals surface area contributed by atoms with Crippen LogP contribution in [0.1, 0.15) is 22.4 Å². The van der Waals surface area contributed by atoms with Crippen molar-refractivity contribution in [2.45, 2.75) is 19.5 Å². The molecule has 0 radical (unpaired) electrons. The summed E-state index contributed by atoms with van der Waals surface area (Å²) in [5, 5.41) is 2.09. The van der Waals surface area contributed by atoms with Crippen LogP contribution in [-0.4, -0.2) is 18.5 Å². The maximum Gasteiger partial charge on any atom is 0.122 e. The number of aryl methyl sites for hydroxylation is 1. The highest BCUT2D eigenvalue weighted by atomic mass is 79.9. The van der Waals surface area contributed by atoms with E-state index in [2.05, 4.69) is 39.3 Å². The number of rotatable bonds is 5. The zero-order valence-electron chi connectivity index (χ0n) is 10.5. The van der Waals surface area contributed by atoms with Gasteiger partial charge in [-0.1, -0.05) is 0 Å². The first-order valence-corrected chi connectivity index (χ1v) is 7.47. The molecular formula is C13H17BrN2OS. The molecule has 0 saturated heterocycles. The van der Waals surface area contributed by atoms with Crippen LogP contribution in [0.4, 0.5) is 0 Å². The van der Waals surface area contributed by atoms with Gasteiger partial charge >= 0.3 is 0 Å². The second kappa shape index (κ2) is 6.02. The molecule has 0 saturated carbocycles. The minimum atomic E-state index is 0.125. The number of hydrogen-bond donors (Lipinski definition) is 1. The van der Waals surface area contributed by atoms with Crippen molar-refractivity contribution in [3.05, 3.63) is 44.4 Å². The number of thiophene rings is 1. The fraction of sp³-hybridized carbons (Fsp3) is 0.385. The van der Waals surface area contributed by atoms with E-state index in [9.17, 15) is 0 Å². The van der Waals surface area contributed by atoms with Crippen LogP contribution >= 0.6 is 27.3 Å².